The highest BCUT2D eigenvalue weighted by atomic mass is 127. The summed E-state index contributed by atoms with van der Waals surface area (Å²) in [4.78, 5) is 4.06. The number of halogens is 4. The van der Waals surface area contributed by atoms with E-state index in [4.69, 9.17) is 9.47 Å². The highest BCUT2D eigenvalue weighted by Crippen LogP contribution is 2.21. The average molecular weight is 461 g/mol. The van der Waals surface area contributed by atoms with Gasteiger partial charge < -0.3 is 20.1 Å². The Morgan fingerprint density at radius 1 is 1.29 bits per heavy atom. The molecule has 1 atom stereocenters. The van der Waals surface area contributed by atoms with Crippen LogP contribution in [0.15, 0.2) is 29.3 Å². The molecule has 2 N–H and O–H groups in total. The number of nitrogens with zero attached hydrogens (tertiary/aromatic N) is 1. The van der Waals surface area contributed by atoms with Gasteiger partial charge in [-0.25, -0.2) is 0 Å². The van der Waals surface area contributed by atoms with Crippen molar-refractivity contribution in [3.63, 3.8) is 0 Å². The molecular formula is C15H23F3IN3O2. The summed E-state index contributed by atoms with van der Waals surface area (Å²) in [6, 6.07) is 6.62. The zero-order chi connectivity index (χ0) is 17.3. The quantitative estimate of drug-likeness (QED) is 0.373. The van der Waals surface area contributed by atoms with E-state index in [2.05, 4.69) is 15.6 Å². The van der Waals surface area contributed by atoms with Crippen LogP contribution in [0.3, 0.4) is 0 Å². The fourth-order valence-corrected chi connectivity index (χ4v) is 1.85. The number of nitrogens with one attached hydrogen (secondary N) is 2. The Hall–Kier alpha value is -1.23. The van der Waals surface area contributed by atoms with Crippen molar-refractivity contribution in [2.45, 2.75) is 25.7 Å². The summed E-state index contributed by atoms with van der Waals surface area (Å²) in [6.45, 7) is 1.40. The number of methoxy groups -OCH3 is 1. The summed E-state index contributed by atoms with van der Waals surface area (Å²) in [5.41, 5.74) is 0.610. The van der Waals surface area contributed by atoms with Gasteiger partial charge in [-0.15, -0.1) is 24.0 Å². The molecule has 0 bridgehead atoms. The number of hydrogen-bond acceptors (Lipinski definition) is 3. The van der Waals surface area contributed by atoms with Crippen LogP contribution in [-0.2, 0) is 11.3 Å². The molecule has 0 aliphatic rings. The van der Waals surface area contributed by atoms with E-state index in [1.807, 2.05) is 6.92 Å². The lowest BCUT2D eigenvalue weighted by Gasteiger charge is -2.18. The highest BCUT2D eigenvalue weighted by molar-refractivity contribution is 14.0. The van der Waals surface area contributed by atoms with Crippen molar-refractivity contribution in [3.8, 4) is 5.75 Å². The second-order valence-electron chi connectivity index (χ2n) is 4.94. The molecule has 1 unspecified atom stereocenters. The standard InChI is InChI=1S/C15H22F3N3O2.HI/c1-11(9-22-3)21-14(19-2)20-8-12-6-4-5-7-13(12)23-10-15(16,17)18;/h4-7,11H,8-10H2,1-3H3,(H2,19,20,21);1H. The molecule has 1 aromatic carbocycles. The summed E-state index contributed by atoms with van der Waals surface area (Å²) in [5.74, 6) is 0.720. The van der Waals surface area contributed by atoms with Gasteiger partial charge in [-0.3, -0.25) is 4.99 Å². The fraction of sp³-hybridized carbons (Fsp3) is 0.533. The Balaban J connectivity index is 0.00000529. The van der Waals surface area contributed by atoms with Gasteiger partial charge in [0.2, 0.25) is 0 Å². The van der Waals surface area contributed by atoms with Gasteiger partial charge in [0.1, 0.15) is 5.75 Å². The Labute approximate surface area is 157 Å². The first kappa shape index (κ1) is 22.8. The lowest BCUT2D eigenvalue weighted by Crippen LogP contribution is -2.43. The van der Waals surface area contributed by atoms with Crippen molar-refractivity contribution in [1.82, 2.24) is 10.6 Å². The highest BCUT2D eigenvalue weighted by Gasteiger charge is 2.28. The summed E-state index contributed by atoms with van der Waals surface area (Å²) in [6.07, 6.45) is -4.37. The predicted molar refractivity (Wildman–Crippen MR) is 98.1 cm³/mol. The first-order valence-electron chi connectivity index (χ1n) is 7.09. The lowest BCUT2D eigenvalue weighted by atomic mass is 10.2. The molecule has 0 aliphatic heterocycles. The first-order valence-corrected chi connectivity index (χ1v) is 7.09. The molecule has 0 spiro atoms. The first-order chi connectivity index (χ1) is 10.9. The summed E-state index contributed by atoms with van der Waals surface area (Å²) < 4.78 is 46.7. The van der Waals surface area contributed by atoms with Crippen LogP contribution in [0, 0.1) is 0 Å². The maximum absolute atomic E-state index is 12.3. The third kappa shape index (κ3) is 9.16. The predicted octanol–water partition coefficient (Wildman–Crippen LogP) is 2.95. The normalized spacial score (nSPS) is 13.0. The second-order valence-corrected chi connectivity index (χ2v) is 4.94. The van der Waals surface area contributed by atoms with Gasteiger partial charge in [0.05, 0.1) is 6.61 Å². The summed E-state index contributed by atoms with van der Waals surface area (Å²) >= 11 is 0. The molecule has 0 saturated heterocycles. The van der Waals surface area contributed by atoms with Crippen molar-refractivity contribution < 1.29 is 22.6 Å². The molecule has 9 heteroatoms. The van der Waals surface area contributed by atoms with E-state index in [1.54, 1.807) is 32.4 Å². The Kier molecular flexibility index (Phi) is 10.8. The minimum atomic E-state index is -4.37. The van der Waals surface area contributed by atoms with E-state index in [1.165, 1.54) is 6.07 Å². The molecule has 24 heavy (non-hydrogen) atoms. The number of alkyl halides is 3. The largest absolute Gasteiger partial charge is 0.484 e. The minimum absolute atomic E-state index is 0. The maximum Gasteiger partial charge on any atom is 0.422 e. The Morgan fingerprint density at radius 2 is 1.96 bits per heavy atom. The van der Waals surface area contributed by atoms with Crippen LogP contribution in [0.25, 0.3) is 0 Å². The number of benzene rings is 1. The van der Waals surface area contributed by atoms with E-state index >= 15 is 0 Å². The SMILES string of the molecule is CN=C(NCc1ccccc1OCC(F)(F)F)NC(C)COC.I. The van der Waals surface area contributed by atoms with Crippen LogP contribution in [0.4, 0.5) is 13.2 Å². The summed E-state index contributed by atoms with van der Waals surface area (Å²) in [5, 5.41) is 6.14. The Bertz CT molecular complexity index is 513. The molecule has 0 fully saturated rings. The Morgan fingerprint density at radius 3 is 2.54 bits per heavy atom. The molecule has 0 saturated carbocycles. The lowest BCUT2D eigenvalue weighted by molar-refractivity contribution is -0.153. The molecular weight excluding hydrogens is 438 g/mol. The zero-order valence-corrected chi connectivity index (χ0v) is 16.1. The molecule has 138 valence electrons. The van der Waals surface area contributed by atoms with Crippen molar-refractivity contribution in [1.29, 1.82) is 0 Å². The van der Waals surface area contributed by atoms with E-state index in [0.29, 0.717) is 18.1 Å². The monoisotopic (exact) mass is 461 g/mol. The average Bonchev–Trinajstić information content (AvgIpc) is 2.49. The zero-order valence-electron chi connectivity index (χ0n) is 13.8. The van der Waals surface area contributed by atoms with Crippen LogP contribution in [0.2, 0.25) is 0 Å². The van der Waals surface area contributed by atoms with Gasteiger partial charge in [0, 0.05) is 32.3 Å². The van der Waals surface area contributed by atoms with Gasteiger partial charge in [0.25, 0.3) is 0 Å². The molecule has 1 aromatic rings. The molecule has 0 aliphatic carbocycles. The van der Waals surface area contributed by atoms with Crippen molar-refractivity contribution >= 4 is 29.9 Å². The van der Waals surface area contributed by atoms with Gasteiger partial charge in [0.15, 0.2) is 12.6 Å². The van der Waals surface area contributed by atoms with Crippen molar-refractivity contribution in [2.75, 3.05) is 27.4 Å². The number of guanidine groups is 1. The summed E-state index contributed by atoms with van der Waals surface area (Å²) in [7, 11) is 3.21. The molecule has 5 nitrogen and oxygen atoms in total. The minimum Gasteiger partial charge on any atom is -0.484 e. The van der Waals surface area contributed by atoms with Crippen molar-refractivity contribution in [2.24, 2.45) is 4.99 Å². The maximum atomic E-state index is 12.3. The van der Waals surface area contributed by atoms with Crippen LogP contribution in [0.5, 0.6) is 5.75 Å². The number of rotatable bonds is 7. The third-order valence-electron chi connectivity index (χ3n) is 2.83. The van der Waals surface area contributed by atoms with E-state index < -0.39 is 12.8 Å². The topological polar surface area (TPSA) is 54.9 Å². The number of aliphatic imine (C=N–C) groups is 1. The second kappa shape index (κ2) is 11.3. The van der Waals surface area contributed by atoms with Gasteiger partial charge >= 0.3 is 6.18 Å². The number of para-hydroxylation sites is 1. The smallest absolute Gasteiger partial charge is 0.422 e. The van der Waals surface area contributed by atoms with E-state index in [9.17, 15) is 13.2 Å². The van der Waals surface area contributed by atoms with E-state index in [0.717, 1.165) is 0 Å². The van der Waals surface area contributed by atoms with Gasteiger partial charge in [-0.2, -0.15) is 13.2 Å². The molecule has 0 heterocycles. The molecule has 0 amide bonds. The van der Waals surface area contributed by atoms with E-state index in [-0.39, 0.29) is 42.3 Å². The molecule has 0 radical (unpaired) electrons. The van der Waals surface area contributed by atoms with Gasteiger partial charge in [-0.05, 0) is 13.0 Å². The third-order valence-corrected chi connectivity index (χ3v) is 2.83. The fourth-order valence-electron chi connectivity index (χ4n) is 1.85. The van der Waals surface area contributed by atoms with Gasteiger partial charge in [-0.1, -0.05) is 18.2 Å². The molecule has 1 rings (SSSR count). The van der Waals surface area contributed by atoms with Crippen LogP contribution in [-0.4, -0.2) is 45.5 Å². The van der Waals surface area contributed by atoms with Crippen molar-refractivity contribution in [3.05, 3.63) is 29.8 Å². The van der Waals surface area contributed by atoms with Crippen LogP contribution in [0.1, 0.15) is 12.5 Å². The number of ether oxygens (including phenoxy) is 2. The van der Waals surface area contributed by atoms with Crippen LogP contribution < -0.4 is 15.4 Å². The molecule has 0 aromatic heterocycles. The number of hydrogen-bond donors (Lipinski definition) is 2. The van der Waals surface area contributed by atoms with Crippen LogP contribution >= 0.6 is 24.0 Å².